The van der Waals surface area contributed by atoms with E-state index >= 15 is 0 Å². The predicted molar refractivity (Wildman–Crippen MR) is 88.4 cm³/mol. The van der Waals surface area contributed by atoms with E-state index in [9.17, 15) is 19.2 Å². The van der Waals surface area contributed by atoms with Crippen molar-refractivity contribution in [2.45, 2.75) is 13.0 Å². The molecular formula is C18H16N2O6. The fraction of sp³-hybridized carbons (Fsp3) is 0.222. The minimum Gasteiger partial charge on any atom is -0.462 e. The van der Waals surface area contributed by atoms with Crippen LogP contribution in [0.25, 0.3) is 0 Å². The second-order valence-electron chi connectivity index (χ2n) is 5.65. The molecular weight excluding hydrogens is 340 g/mol. The van der Waals surface area contributed by atoms with Crippen LogP contribution in [-0.2, 0) is 9.53 Å². The lowest BCUT2D eigenvalue weighted by Gasteiger charge is -2.16. The highest BCUT2D eigenvalue weighted by molar-refractivity contribution is 6.21. The highest BCUT2D eigenvalue weighted by Gasteiger charge is 2.35. The summed E-state index contributed by atoms with van der Waals surface area (Å²) in [6.45, 7) is 1.24. The van der Waals surface area contributed by atoms with Crippen molar-refractivity contribution < 1.29 is 28.3 Å². The Morgan fingerprint density at radius 3 is 2.35 bits per heavy atom. The Balaban J connectivity index is 1.49. The van der Waals surface area contributed by atoms with Gasteiger partial charge in [0.1, 0.15) is 12.6 Å². The van der Waals surface area contributed by atoms with Crippen LogP contribution in [0.1, 0.15) is 38.2 Å². The van der Waals surface area contributed by atoms with E-state index in [-0.39, 0.29) is 18.9 Å². The summed E-state index contributed by atoms with van der Waals surface area (Å²) in [5, 5.41) is 2.44. The zero-order valence-corrected chi connectivity index (χ0v) is 13.9. The lowest BCUT2D eigenvalue weighted by molar-refractivity contribution is -0.145. The summed E-state index contributed by atoms with van der Waals surface area (Å²) in [7, 11) is 0. The third-order valence-corrected chi connectivity index (χ3v) is 3.88. The maximum atomic E-state index is 12.2. The number of amides is 3. The largest absolute Gasteiger partial charge is 0.462 e. The Morgan fingerprint density at radius 2 is 1.77 bits per heavy atom. The molecule has 2 heterocycles. The molecule has 0 aliphatic carbocycles. The Kier molecular flexibility index (Phi) is 4.83. The molecule has 8 heteroatoms. The molecule has 0 unspecified atom stereocenters. The lowest BCUT2D eigenvalue weighted by atomic mass is 10.1. The smallest absolute Gasteiger partial charge is 0.328 e. The second-order valence-corrected chi connectivity index (χ2v) is 5.65. The van der Waals surface area contributed by atoms with Crippen LogP contribution in [0.3, 0.4) is 0 Å². The lowest BCUT2D eigenvalue weighted by Crippen LogP contribution is -2.40. The number of furan rings is 1. The third-order valence-electron chi connectivity index (χ3n) is 3.88. The normalized spacial score (nSPS) is 14.1. The molecule has 0 bridgehead atoms. The van der Waals surface area contributed by atoms with Gasteiger partial charge in [0.15, 0.2) is 5.76 Å². The average Bonchev–Trinajstić information content (AvgIpc) is 3.25. The number of carbonyl (C=O) groups is 4. The number of hydrogen-bond acceptors (Lipinski definition) is 6. The monoisotopic (exact) mass is 356 g/mol. The van der Waals surface area contributed by atoms with E-state index in [4.69, 9.17) is 9.15 Å². The number of nitrogens with one attached hydrogen (secondary N) is 1. The molecule has 0 spiro atoms. The van der Waals surface area contributed by atoms with Crippen LogP contribution in [0.2, 0.25) is 0 Å². The third kappa shape index (κ3) is 3.34. The number of nitrogens with zero attached hydrogens (tertiary/aromatic N) is 1. The average molecular weight is 356 g/mol. The van der Waals surface area contributed by atoms with Crippen molar-refractivity contribution in [3.8, 4) is 0 Å². The van der Waals surface area contributed by atoms with Gasteiger partial charge in [0.25, 0.3) is 17.7 Å². The summed E-state index contributed by atoms with van der Waals surface area (Å²) in [6, 6.07) is 8.63. The van der Waals surface area contributed by atoms with Gasteiger partial charge in [0.2, 0.25) is 0 Å². The molecule has 26 heavy (non-hydrogen) atoms. The number of imide groups is 1. The second kappa shape index (κ2) is 7.22. The molecule has 1 aromatic carbocycles. The van der Waals surface area contributed by atoms with Crippen LogP contribution in [-0.4, -0.2) is 47.8 Å². The SMILES string of the molecule is C[C@@H](NC(=O)c1ccco1)C(=O)OCCN1C(=O)c2ccccc2C1=O. The molecule has 0 radical (unpaired) electrons. The maximum absolute atomic E-state index is 12.2. The molecule has 1 aliphatic rings. The van der Waals surface area contributed by atoms with E-state index in [2.05, 4.69) is 5.32 Å². The Morgan fingerprint density at radius 1 is 1.12 bits per heavy atom. The van der Waals surface area contributed by atoms with Crippen molar-refractivity contribution in [1.82, 2.24) is 10.2 Å². The van der Waals surface area contributed by atoms with Crippen molar-refractivity contribution in [3.05, 3.63) is 59.5 Å². The topological polar surface area (TPSA) is 106 Å². The summed E-state index contributed by atoms with van der Waals surface area (Å²) in [5.74, 6) is -1.97. The first-order valence-electron chi connectivity index (χ1n) is 7.95. The Bertz CT molecular complexity index is 823. The van der Waals surface area contributed by atoms with Crippen molar-refractivity contribution in [3.63, 3.8) is 0 Å². The van der Waals surface area contributed by atoms with E-state index in [1.165, 1.54) is 19.3 Å². The fourth-order valence-corrected chi connectivity index (χ4v) is 2.54. The van der Waals surface area contributed by atoms with Gasteiger partial charge in [-0.3, -0.25) is 19.3 Å². The van der Waals surface area contributed by atoms with E-state index < -0.39 is 29.7 Å². The van der Waals surface area contributed by atoms with Gasteiger partial charge in [-0.25, -0.2) is 4.79 Å². The van der Waals surface area contributed by atoms with Crippen LogP contribution >= 0.6 is 0 Å². The molecule has 2 aromatic rings. The minimum atomic E-state index is -0.908. The van der Waals surface area contributed by atoms with Crippen LogP contribution in [0.5, 0.6) is 0 Å². The van der Waals surface area contributed by atoms with Crippen molar-refractivity contribution in [2.75, 3.05) is 13.2 Å². The van der Waals surface area contributed by atoms with Gasteiger partial charge < -0.3 is 14.5 Å². The van der Waals surface area contributed by atoms with Gasteiger partial charge in [-0.2, -0.15) is 0 Å². The van der Waals surface area contributed by atoms with Gasteiger partial charge in [0, 0.05) is 0 Å². The fourth-order valence-electron chi connectivity index (χ4n) is 2.54. The van der Waals surface area contributed by atoms with Crippen molar-refractivity contribution in [1.29, 1.82) is 0 Å². The summed E-state index contributed by atoms with van der Waals surface area (Å²) >= 11 is 0. The molecule has 1 aliphatic heterocycles. The zero-order chi connectivity index (χ0) is 18.7. The summed E-state index contributed by atoms with van der Waals surface area (Å²) in [4.78, 5) is 49.2. The van der Waals surface area contributed by atoms with E-state index in [1.807, 2.05) is 0 Å². The molecule has 1 N–H and O–H groups in total. The molecule has 0 saturated carbocycles. The van der Waals surface area contributed by atoms with Crippen molar-refractivity contribution >= 4 is 23.7 Å². The molecule has 3 amide bonds. The minimum absolute atomic E-state index is 0.0586. The first-order chi connectivity index (χ1) is 12.5. The summed E-state index contributed by atoms with van der Waals surface area (Å²) < 4.78 is 9.98. The molecule has 0 fully saturated rings. The highest BCUT2D eigenvalue weighted by atomic mass is 16.5. The van der Waals surface area contributed by atoms with E-state index in [1.54, 1.807) is 30.3 Å². The molecule has 8 nitrogen and oxygen atoms in total. The van der Waals surface area contributed by atoms with Crippen LogP contribution in [0.4, 0.5) is 0 Å². The Labute approximate surface area is 148 Å². The first kappa shape index (κ1) is 17.4. The molecule has 134 valence electrons. The van der Waals surface area contributed by atoms with Gasteiger partial charge in [-0.05, 0) is 31.2 Å². The molecule has 1 atom stereocenters. The van der Waals surface area contributed by atoms with Gasteiger partial charge in [0.05, 0.1) is 23.9 Å². The highest BCUT2D eigenvalue weighted by Crippen LogP contribution is 2.21. The number of carbonyl (C=O) groups excluding carboxylic acids is 4. The van der Waals surface area contributed by atoms with E-state index in [0.29, 0.717) is 11.1 Å². The van der Waals surface area contributed by atoms with Crippen LogP contribution in [0.15, 0.2) is 47.1 Å². The number of ether oxygens (including phenoxy) is 1. The molecule has 0 saturated heterocycles. The number of esters is 1. The number of benzene rings is 1. The quantitative estimate of drug-likeness (QED) is 0.616. The Hall–Kier alpha value is -3.42. The number of hydrogen-bond donors (Lipinski definition) is 1. The van der Waals surface area contributed by atoms with Gasteiger partial charge in [-0.15, -0.1) is 0 Å². The molecule has 1 aromatic heterocycles. The number of rotatable bonds is 6. The summed E-state index contributed by atoms with van der Waals surface area (Å²) in [5.41, 5.74) is 0.672. The maximum Gasteiger partial charge on any atom is 0.328 e. The van der Waals surface area contributed by atoms with Crippen molar-refractivity contribution in [2.24, 2.45) is 0 Å². The van der Waals surface area contributed by atoms with Crippen LogP contribution < -0.4 is 5.32 Å². The summed E-state index contributed by atoms with van der Waals surface area (Å²) in [6.07, 6.45) is 1.35. The zero-order valence-electron chi connectivity index (χ0n) is 13.9. The molecule has 3 rings (SSSR count). The van der Waals surface area contributed by atoms with Crippen LogP contribution in [0, 0.1) is 0 Å². The standard InChI is InChI=1S/C18H16N2O6/c1-11(19-15(21)14-7-4-9-25-14)18(24)26-10-8-20-16(22)12-5-2-3-6-13(12)17(20)23/h2-7,9,11H,8,10H2,1H3,(H,19,21)/t11-/m1/s1. The number of fused-ring (bicyclic) bond motifs is 1. The first-order valence-corrected chi connectivity index (χ1v) is 7.95. The van der Waals surface area contributed by atoms with Gasteiger partial charge in [-0.1, -0.05) is 12.1 Å². The predicted octanol–water partition coefficient (Wildman–Crippen LogP) is 1.24. The van der Waals surface area contributed by atoms with Gasteiger partial charge >= 0.3 is 5.97 Å². The van der Waals surface area contributed by atoms with E-state index in [0.717, 1.165) is 4.90 Å².